The van der Waals surface area contributed by atoms with E-state index in [4.69, 9.17) is 11.6 Å². The Kier molecular flexibility index (Phi) is 9.94. The van der Waals surface area contributed by atoms with Gasteiger partial charge in [0.1, 0.15) is 12.6 Å². The maximum atomic E-state index is 13.9. The fourth-order valence-electron chi connectivity index (χ4n) is 3.90. The Hall–Kier alpha value is -3.36. The molecule has 0 spiro atoms. The normalized spacial score (nSPS) is 12.9. The van der Waals surface area contributed by atoms with Crippen molar-refractivity contribution in [3.63, 3.8) is 0 Å². The maximum absolute atomic E-state index is 13.9. The summed E-state index contributed by atoms with van der Waals surface area (Å²) in [6.07, 6.45) is 0.738. The summed E-state index contributed by atoms with van der Waals surface area (Å²) >= 11 is 6.19. The number of rotatable bonds is 11. The molecule has 2 unspecified atom stereocenters. The number of hydrogen-bond acceptors (Lipinski definition) is 4. The van der Waals surface area contributed by atoms with E-state index in [0.29, 0.717) is 5.02 Å². The van der Waals surface area contributed by atoms with E-state index in [2.05, 4.69) is 5.32 Å². The molecule has 0 heterocycles. The molecule has 7 nitrogen and oxygen atoms in total. The molecule has 0 fully saturated rings. The fourth-order valence-corrected chi connectivity index (χ4v) is 5.51. The number of nitrogens with one attached hydrogen (secondary N) is 1. The third-order valence-corrected chi connectivity index (χ3v) is 8.50. The Bertz CT molecular complexity index is 1370. The van der Waals surface area contributed by atoms with Crippen LogP contribution in [0.1, 0.15) is 38.3 Å². The lowest BCUT2D eigenvalue weighted by molar-refractivity contribution is -0.139. The van der Waals surface area contributed by atoms with Crippen LogP contribution in [-0.2, 0) is 26.2 Å². The molecule has 0 aliphatic rings. The summed E-state index contributed by atoms with van der Waals surface area (Å²) in [4.78, 5) is 28.5. The quantitative estimate of drug-likeness (QED) is 0.353. The lowest BCUT2D eigenvalue weighted by atomic mass is 10.1. The maximum Gasteiger partial charge on any atom is 0.264 e. The van der Waals surface area contributed by atoms with Crippen molar-refractivity contribution in [1.82, 2.24) is 10.2 Å². The number of aryl methyl sites for hydroxylation is 1. The molecule has 0 saturated heterocycles. The smallest absolute Gasteiger partial charge is 0.264 e. The van der Waals surface area contributed by atoms with Crippen LogP contribution in [0.3, 0.4) is 0 Å². The van der Waals surface area contributed by atoms with E-state index in [1.165, 1.54) is 23.1 Å². The molecule has 0 bridgehead atoms. The number of carbonyl (C=O) groups is 2. The first-order valence-corrected chi connectivity index (χ1v) is 14.3. The minimum Gasteiger partial charge on any atom is -0.352 e. The molecule has 3 aromatic carbocycles. The lowest BCUT2D eigenvalue weighted by Crippen LogP contribution is -2.52. The minimum atomic E-state index is -4.12. The first kappa shape index (κ1) is 29.2. The first-order valence-electron chi connectivity index (χ1n) is 12.5. The molecule has 0 saturated carbocycles. The molecular formula is C29H34ClN3O4S. The van der Waals surface area contributed by atoms with Gasteiger partial charge in [-0.15, -0.1) is 0 Å². The number of amides is 2. The van der Waals surface area contributed by atoms with Crippen molar-refractivity contribution < 1.29 is 18.0 Å². The standard InChI is InChI=1S/C29H34ClN3O4S/c1-5-22(3)31-29(35)23(4)32(19-24-13-10-9-12-21(24)2)28(34)20-33(26-15-11-14-25(30)18-26)38(36,37)27-16-7-6-8-17-27/h6-18,22-23H,5,19-20H2,1-4H3,(H,31,35). The van der Waals surface area contributed by atoms with Gasteiger partial charge in [-0.1, -0.05) is 67.1 Å². The third-order valence-electron chi connectivity index (χ3n) is 6.48. The molecule has 3 rings (SSSR count). The predicted molar refractivity (Wildman–Crippen MR) is 152 cm³/mol. The summed E-state index contributed by atoms with van der Waals surface area (Å²) in [6.45, 7) is 7.08. The number of sulfonamides is 1. The second-order valence-electron chi connectivity index (χ2n) is 9.25. The van der Waals surface area contributed by atoms with Crippen LogP contribution in [0.25, 0.3) is 0 Å². The van der Waals surface area contributed by atoms with Gasteiger partial charge in [0, 0.05) is 17.6 Å². The molecule has 3 aromatic rings. The van der Waals surface area contributed by atoms with Gasteiger partial charge in [-0.2, -0.15) is 0 Å². The van der Waals surface area contributed by atoms with Crippen LogP contribution >= 0.6 is 11.6 Å². The Labute approximate surface area is 230 Å². The summed E-state index contributed by atoms with van der Waals surface area (Å²) in [5.41, 5.74) is 2.08. The molecule has 0 radical (unpaired) electrons. The summed E-state index contributed by atoms with van der Waals surface area (Å²) in [7, 11) is -4.12. The molecule has 0 aromatic heterocycles. The van der Waals surface area contributed by atoms with Crippen molar-refractivity contribution in [3.05, 3.63) is 95.0 Å². The third kappa shape index (κ3) is 7.14. The Morgan fingerprint density at radius 3 is 2.24 bits per heavy atom. The van der Waals surface area contributed by atoms with Crippen LogP contribution in [0, 0.1) is 6.92 Å². The van der Waals surface area contributed by atoms with Crippen LogP contribution in [0.5, 0.6) is 0 Å². The summed E-state index contributed by atoms with van der Waals surface area (Å²) in [6, 6.07) is 20.9. The molecule has 2 amide bonds. The lowest BCUT2D eigenvalue weighted by Gasteiger charge is -2.32. The van der Waals surface area contributed by atoms with Crippen LogP contribution in [0.15, 0.2) is 83.8 Å². The van der Waals surface area contributed by atoms with E-state index in [1.807, 2.05) is 45.0 Å². The summed E-state index contributed by atoms with van der Waals surface area (Å²) in [5.74, 6) is -0.818. The monoisotopic (exact) mass is 555 g/mol. The van der Waals surface area contributed by atoms with Crippen molar-refractivity contribution in [2.75, 3.05) is 10.8 Å². The van der Waals surface area contributed by atoms with Crippen molar-refractivity contribution in [1.29, 1.82) is 0 Å². The van der Waals surface area contributed by atoms with Crippen molar-refractivity contribution >= 4 is 39.1 Å². The molecule has 38 heavy (non-hydrogen) atoms. The minimum absolute atomic E-state index is 0.0424. The van der Waals surface area contributed by atoms with E-state index >= 15 is 0 Å². The van der Waals surface area contributed by atoms with Crippen LogP contribution in [-0.4, -0.2) is 43.8 Å². The molecule has 9 heteroatoms. The highest BCUT2D eigenvalue weighted by atomic mass is 35.5. The van der Waals surface area contributed by atoms with Crippen LogP contribution < -0.4 is 9.62 Å². The highest BCUT2D eigenvalue weighted by Crippen LogP contribution is 2.27. The number of halogens is 1. The average molecular weight is 556 g/mol. The molecule has 2 atom stereocenters. The van der Waals surface area contributed by atoms with E-state index < -0.39 is 28.5 Å². The highest BCUT2D eigenvalue weighted by molar-refractivity contribution is 7.92. The topological polar surface area (TPSA) is 86.8 Å². The highest BCUT2D eigenvalue weighted by Gasteiger charge is 2.33. The number of benzene rings is 3. The van der Waals surface area contributed by atoms with Gasteiger partial charge in [0.15, 0.2) is 0 Å². The van der Waals surface area contributed by atoms with Crippen molar-refractivity contribution in [2.45, 2.75) is 57.6 Å². The molecular weight excluding hydrogens is 522 g/mol. The second kappa shape index (κ2) is 12.9. The van der Waals surface area contributed by atoms with Gasteiger partial charge in [-0.05, 0) is 68.7 Å². The zero-order valence-electron chi connectivity index (χ0n) is 22.1. The van der Waals surface area contributed by atoms with Crippen LogP contribution in [0.2, 0.25) is 5.02 Å². The van der Waals surface area contributed by atoms with Crippen molar-refractivity contribution in [2.24, 2.45) is 0 Å². The van der Waals surface area contributed by atoms with Gasteiger partial charge in [0.05, 0.1) is 10.6 Å². The van der Waals surface area contributed by atoms with Crippen LogP contribution in [0.4, 0.5) is 5.69 Å². The van der Waals surface area contributed by atoms with Gasteiger partial charge in [-0.25, -0.2) is 8.42 Å². The van der Waals surface area contributed by atoms with Gasteiger partial charge >= 0.3 is 0 Å². The van der Waals surface area contributed by atoms with E-state index in [9.17, 15) is 18.0 Å². The van der Waals surface area contributed by atoms with Crippen molar-refractivity contribution in [3.8, 4) is 0 Å². The Balaban J connectivity index is 2.03. The second-order valence-corrected chi connectivity index (χ2v) is 11.5. The molecule has 1 N–H and O–H groups in total. The number of nitrogens with zero attached hydrogens (tertiary/aromatic N) is 2. The van der Waals surface area contributed by atoms with E-state index in [-0.39, 0.29) is 29.1 Å². The van der Waals surface area contributed by atoms with Gasteiger partial charge in [0.25, 0.3) is 10.0 Å². The zero-order valence-corrected chi connectivity index (χ0v) is 23.7. The fraction of sp³-hybridized carbons (Fsp3) is 0.310. The Morgan fingerprint density at radius 2 is 1.61 bits per heavy atom. The first-order chi connectivity index (χ1) is 18.0. The largest absolute Gasteiger partial charge is 0.352 e. The number of anilines is 1. The summed E-state index contributed by atoms with van der Waals surface area (Å²) in [5, 5.41) is 3.27. The number of hydrogen-bond donors (Lipinski definition) is 1. The molecule has 202 valence electrons. The van der Waals surface area contributed by atoms with E-state index in [1.54, 1.807) is 43.3 Å². The van der Waals surface area contributed by atoms with Gasteiger partial charge in [-0.3, -0.25) is 13.9 Å². The SMILES string of the molecule is CCC(C)NC(=O)C(C)N(Cc1ccccc1C)C(=O)CN(c1cccc(Cl)c1)S(=O)(=O)c1ccccc1. The van der Waals surface area contributed by atoms with E-state index in [0.717, 1.165) is 21.9 Å². The summed E-state index contributed by atoms with van der Waals surface area (Å²) < 4.78 is 28.5. The Morgan fingerprint density at radius 1 is 0.947 bits per heavy atom. The predicted octanol–water partition coefficient (Wildman–Crippen LogP) is 5.18. The van der Waals surface area contributed by atoms with Gasteiger partial charge in [0.2, 0.25) is 11.8 Å². The molecule has 0 aliphatic carbocycles. The molecule has 0 aliphatic heterocycles. The zero-order chi connectivity index (χ0) is 27.9. The van der Waals surface area contributed by atoms with Gasteiger partial charge < -0.3 is 10.2 Å². The average Bonchev–Trinajstić information content (AvgIpc) is 2.91. The number of carbonyl (C=O) groups excluding carboxylic acids is 2.